The van der Waals surface area contributed by atoms with Crippen LogP contribution in [0.1, 0.15) is 25.8 Å². The molecule has 1 saturated heterocycles. The SMILES string of the molecule is CC[C@@]1(C)CN(C(=O)NCc2cccnc2-n2ccnc2)CCO1. The first-order valence-corrected chi connectivity index (χ1v) is 8.20. The van der Waals surface area contributed by atoms with Crippen molar-refractivity contribution in [3.05, 3.63) is 42.6 Å². The van der Waals surface area contributed by atoms with Crippen LogP contribution in [-0.4, -0.2) is 50.8 Å². The smallest absolute Gasteiger partial charge is 0.317 e. The van der Waals surface area contributed by atoms with Crippen molar-refractivity contribution in [3.63, 3.8) is 0 Å². The van der Waals surface area contributed by atoms with Gasteiger partial charge in [0.2, 0.25) is 0 Å². The molecule has 2 aromatic rings. The number of ether oxygens (including phenoxy) is 1. The number of morpholine rings is 1. The van der Waals surface area contributed by atoms with Gasteiger partial charge in [-0.2, -0.15) is 0 Å². The minimum absolute atomic E-state index is 0.0709. The Labute approximate surface area is 141 Å². The van der Waals surface area contributed by atoms with Crippen molar-refractivity contribution in [2.24, 2.45) is 0 Å². The predicted molar refractivity (Wildman–Crippen MR) is 89.8 cm³/mol. The van der Waals surface area contributed by atoms with E-state index < -0.39 is 0 Å². The first kappa shape index (κ1) is 16.4. The molecule has 0 saturated carbocycles. The molecule has 0 aromatic carbocycles. The van der Waals surface area contributed by atoms with Gasteiger partial charge in [-0.3, -0.25) is 4.57 Å². The maximum Gasteiger partial charge on any atom is 0.317 e. The maximum absolute atomic E-state index is 12.5. The molecular weight excluding hydrogens is 306 g/mol. The van der Waals surface area contributed by atoms with Gasteiger partial charge >= 0.3 is 6.03 Å². The van der Waals surface area contributed by atoms with Crippen LogP contribution in [0, 0.1) is 0 Å². The normalized spacial score (nSPS) is 20.8. The average molecular weight is 329 g/mol. The van der Waals surface area contributed by atoms with Crippen molar-refractivity contribution < 1.29 is 9.53 Å². The molecule has 1 fully saturated rings. The number of carbonyl (C=O) groups is 1. The van der Waals surface area contributed by atoms with E-state index in [-0.39, 0.29) is 11.6 Å². The van der Waals surface area contributed by atoms with Crippen molar-refractivity contribution in [1.82, 2.24) is 24.8 Å². The third-order valence-corrected chi connectivity index (χ3v) is 4.42. The van der Waals surface area contributed by atoms with E-state index in [0.717, 1.165) is 17.8 Å². The summed E-state index contributed by atoms with van der Waals surface area (Å²) in [7, 11) is 0. The van der Waals surface area contributed by atoms with Gasteiger partial charge in [0, 0.05) is 37.2 Å². The second kappa shape index (κ2) is 7.00. The highest BCUT2D eigenvalue weighted by Gasteiger charge is 2.32. The molecule has 0 radical (unpaired) electrons. The van der Waals surface area contributed by atoms with Gasteiger partial charge in [-0.15, -0.1) is 0 Å². The van der Waals surface area contributed by atoms with E-state index in [1.54, 1.807) is 18.7 Å². The van der Waals surface area contributed by atoms with Crippen LogP contribution in [0.2, 0.25) is 0 Å². The summed E-state index contributed by atoms with van der Waals surface area (Å²) in [6.07, 6.45) is 7.85. The molecule has 7 nitrogen and oxygen atoms in total. The number of hydrogen-bond acceptors (Lipinski definition) is 4. The second-order valence-corrected chi connectivity index (χ2v) is 6.19. The van der Waals surface area contributed by atoms with Gasteiger partial charge in [-0.05, 0) is 19.4 Å². The van der Waals surface area contributed by atoms with E-state index >= 15 is 0 Å². The zero-order valence-electron chi connectivity index (χ0n) is 14.1. The summed E-state index contributed by atoms with van der Waals surface area (Å²) in [5.74, 6) is 0.774. The van der Waals surface area contributed by atoms with Crippen LogP contribution in [0.3, 0.4) is 0 Å². The van der Waals surface area contributed by atoms with Gasteiger partial charge in [0.05, 0.1) is 18.8 Å². The van der Waals surface area contributed by atoms with E-state index in [4.69, 9.17) is 4.74 Å². The number of urea groups is 1. The van der Waals surface area contributed by atoms with Crippen LogP contribution in [0.25, 0.3) is 5.82 Å². The number of nitrogens with zero attached hydrogens (tertiary/aromatic N) is 4. The topological polar surface area (TPSA) is 72.3 Å². The third kappa shape index (κ3) is 3.56. The summed E-state index contributed by atoms with van der Waals surface area (Å²) < 4.78 is 7.62. The van der Waals surface area contributed by atoms with Gasteiger partial charge in [0.15, 0.2) is 0 Å². The standard InChI is InChI=1S/C17H23N5O2/c1-3-17(2)12-21(9-10-24-17)16(23)20-11-14-5-4-6-19-15(14)22-8-7-18-13-22/h4-8,13H,3,9-12H2,1-2H3,(H,20,23)/t17-/m0/s1. The first-order chi connectivity index (χ1) is 11.6. The molecule has 3 heterocycles. The fourth-order valence-electron chi connectivity index (χ4n) is 2.79. The quantitative estimate of drug-likeness (QED) is 0.931. The van der Waals surface area contributed by atoms with Gasteiger partial charge in [0.1, 0.15) is 12.1 Å². The fourth-order valence-corrected chi connectivity index (χ4v) is 2.79. The average Bonchev–Trinajstić information content (AvgIpc) is 3.14. The minimum atomic E-state index is -0.258. The molecular formula is C17H23N5O2. The lowest BCUT2D eigenvalue weighted by atomic mass is 10.0. The van der Waals surface area contributed by atoms with Crippen LogP contribution in [0.4, 0.5) is 4.79 Å². The highest BCUT2D eigenvalue weighted by atomic mass is 16.5. The molecule has 3 rings (SSSR count). The number of aromatic nitrogens is 3. The van der Waals surface area contributed by atoms with Crippen LogP contribution < -0.4 is 5.32 Å². The summed E-state index contributed by atoms with van der Waals surface area (Å²) in [6.45, 7) is 6.34. The molecule has 1 N–H and O–H groups in total. The molecule has 2 aromatic heterocycles. The van der Waals surface area contributed by atoms with Crippen LogP contribution >= 0.6 is 0 Å². The number of hydrogen-bond donors (Lipinski definition) is 1. The Morgan fingerprint density at radius 2 is 2.33 bits per heavy atom. The summed E-state index contributed by atoms with van der Waals surface area (Å²) in [4.78, 5) is 22.7. The lowest BCUT2D eigenvalue weighted by molar-refractivity contribution is -0.0872. The van der Waals surface area contributed by atoms with Crippen LogP contribution in [0.5, 0.6) is 0 Å². The fraction of sp³-hybridized carbons (Fsp3) is 0.471. The Kier molecular flexibility index (Phi) is 4.80. The highest BCUT2D eigenvalue weighted by Crippen LogP contribution is 2.21. The number of amides is 2. The molecule has 1 atom stereocenters. The summed E-state index contributed by atoms with van der Waals surface area (Å²) in [5.41, 5.74) is 0.682. The van der Waals surface area contributed by atoms with E-state index in [2.05, 4.69) is 22.2 Å². The minimum Gasteiger partial charge on any atom is -0.372 e. The Morgan fingerprint density at radius 1 is 1.46 bits per heavy atom. The number of carbonyl (C=O) groups excluding carboxylic acids is 1. The third-order valence-electron chi connectivity index (χ3n) is 4.42. The zero-order valence-corrected chi connectivity index (χ0v) is 14.1. The van der Waals surface area contributed by atoms with Crippen molar-refractivity contribution in [3.8, 4) is 5.82 Å². The van der Waals surface area contributed by atoms with Crippen molar-refractivity contribution in [2.75, 3.05) is 19.7 Å². The van der Waals surface area contributed by atoms with Crippen molar-refractivity contribution in [2.45, 2.75) is 32.4 Å². The van der Waals surface area contributed by atoms with Gasteiger partial charge in [0.25, 0.3) is 0 Å². The largest absolute Gasteiger partial charge is 0.372 e. The number of imidazole rings is 1. The van der Waals surface area contributed by atoms with Crippen LogP contribution in [0.15, 0.2) is 37.1 Å². The van der Waals surface area contributed by atoms with Crippen molar-refractivity contribution in [1.29, 1.82) is 0 Å². The Hall–Kier alpha value is -2.41. The Balaban J connectivity index is 1.65. The van der Waals surface area contributed by atoms with Gasteiger partial charge < -0.3 is 15.0 Å². The molecule has 2 amide bonds. The molecule has 1 aliphatic heterocycles. The predicted octanol–water partition coefficient (Wildman–Crippen LogP) is 1.98. The molecule has 1 aliphatic rings. The van der Waals surface area contributed by atoms with E-state index in [9.17, 15) is 4.79 Å². The molecule has 7 heteroatoms. The lowest BCUT2D eigenvalue weighted by Gasteiger charge is -2.39. The summed E-state index contributed by atoms with van der Waals surface area (Å²) >= 11 is 0. The zero-order chi connectivity index (χ0) is 17.0. The maximum atomic E-state index is 12.5. The molecule has 0 spiro atoms. The first-order valence-electron chi connectivity index (χ1n) is 8.20. The lowest BCUT2D eigenvalue weighted by Crippen LogP contribution is -2.54. The van der Waals surface area contributed by atoms with Crippen molar-refractivity contribution >= 4 is 6.03 Å². The molecule has 0 bridgehead atoms. The Morgan fingerprint density at radius 3 is 3.08 bits per heavy atom. The van der Waals surface area contributed by atoms with E-state index in [1.165, 1.54) is 0 Å². The van der Waals surface area contributed by atoms with E-state index in [1.807, 2.05) is 34.7 Å². The molecule has 128 valence electrons. The molecule has 0 unspecified atom stereocenters. The number of pyridine rings is 1. The Bertz CT molecular complexity index is 688. The monoisotopic (exact) mass is 329 g/mol. The second-order valence-electron chi connectivity index (χ2n) is 6.19. The van der Waals surface area contributed by atoms with E-state index in [0.29, 0.717) is 26.2 Å². The van der Waals surface area contributed by atoms with Gasteiger partial charge in [-0.25, -0.2) is 14.8 Å². The summed E-state index contributed by atoms with van der Waals surface area (Å²) in [6, 6.07) is 3.75. The molecule has 24 heavy (non-hydrogen) atoms. The molecule has 0 aliphatic carbocycles. The van der Waals surface area contributed by atoms with Gasteiger partial charge in [-0.1, -0.05) is 13.0 Å². The highest BCUT2D eigenvalue weighted by molar-refractivity contribution is 5.74. The van der Waals surface area contributed by atoms with Crippen LogP contribution in [-0.2, 0) is 11.3 Å². The summed E-state index contributed by atoms with van der Waals surface area (Å²) in [5, 5.41) is 2.99. The number of rotatable bonds is 4. The number of nitrogens with one attached hydrogen (secondary N) is 1.